The van der Waals surface area contributed by atoms with Crippen molar-refractivity contribution in [3.8, 4) is 16.9 Å². The van der Waals surface area contributed by atoms with Crippen LogP contribution in [0.15, 0.2) is 77.7 Å². The fraction of sp³-hybridized carbons (Fsp3) is 0.160. The number of ether oxygens (including phenoxy) is 1. The first-order valence-electron chi connectivity index (χ1n) is 10.5. The number of hydrogen-bond donors (Lipinski definition) is 0. The lowest BCUT2D eigenvalue weighted by molar-refractivity contribution is -0.274. The molecule has 0 N–H and O–H groups in total. The van der Waals surface area contributed by atoms with Gasteiger partial charge in [0.2, 0.25) is 0 Å². The van der Waals surface area contributed by atoms with Crippen molar-refractivity contribution in [3.63, 3.8) is 0 Å². The Bertz CT molecular complexity index is 1550. The lowest BCUT2D eigenvalue weighted by Gasteiger charge is -2.10. The summed E-state index contributed by atoms with van der Waals surface area (Å²) >= 11 is 0. The topological polar surface area (TPSA) is 61.9 Å². The Hall–Kier alpha value is -4.14. The van der Waals surface area contributed by atoms with E-state index in [4.69, 9.17) is 0 Å². The van der Waals surface area contributed by atoms with Gasteiger partial charge >= 0.3 is 6.36 Å². The number of aryl methyl sites for hydroxylation is 3. The van der Waals surface area contributed by atoms with Crippen LogP contribution in [0.5, 0.6) is 5.75 Å². The highest BCUT2D eigenvalue weighted by Crippen LogP contribution is 2.27. The first-order chi connectivity index (χ1) is 16.3. The van der Waals surface area contributed by atoms with E-state index in [1.165, 1.54) is 28.9 Å². The summed E-state index contributed by atoms with van der Waals surface area (Å²) in [7, 11) is 1.94. The number of imidazole rings is 1. The summed E-state index contributed by atoms with van der Waals surface area (Å²) in [5.41, 5.74) is 3.05. The Balaban J connectivity index is 1.42. The zero-order valence-corrected chi connectivity index (χ0v) is 18.1. The third-order valence-electron chi connectivity index (χ3n) is 5.70. The van der Waals surface area contributed by atoms with Crippen LogP contribution in [0.1, 0.15) is 5.82 Å². The van der Waals surface area contributed by atoms with Crippen LogP contribution in [-0.2, 0) is 20.0 Å². The monoisotopic (exact) mass is 464 g/mol. The fourth-order valence-electron chi connectivity index (χ4n) is 3.99. The average Bonchev–Trinajstić information content (AvgIpc) is 3.14. The molecule has 2 heterocycles. The normalized spacial score (nSPS) is 11.9. The molecule has 34 heavy (non-hydrogen) atoms. The van der Waals surface area contributed by atoms with Gasteiger partial charge in [-0.25, -0.2) is 9.67 Å². The van der Waals surface area contributed by atoms with Gasteiger partial charge in [0.05, 0.1) is 29.2 Å². The minimum absolute atomic E-state index is 0.241. The van der Waals surface area contributed by atoms with Gasteiger partial charge in [-0.1, -0.05) is 36.4 Å². The number of benzene rings is 3. The van der Waals surface area contributed by atoms with E-state index in [2.05, 4.69) is 14.8 Å². The highest BCUT2D eigenvalue weighted by Gasteiger charge is 2.31. The molecule has 0 saturated heterocycles. The smallest absolute Gasteiger partial charge is 0.406 e. The van der Waals surface area contributed by atoms with Crippen LogP contribution < -0.4 is 10.3 Å². The zero-order valence-electron chi connectivity index (χ0n) is 18.1. The molecule has 0 saturated carbocycles. The van der Waals surface area contributed by atoms with Gasteiger partial charge in [-0.3, -0.25) is 4.79 Å². The van der Waals surface area contributed by atoms with Gasteiger partial charge in [0.15, 0.2) is 0 Å². The Morgan fingerprint density at radius 3 is 2.44 bits per heavy atom. The maximum atomic E-state index is 13.1. The van der Waals surface area contributed by atoms with Crippen molar-refractivity contribution in [1.82, 2.24) is 19.3 Å². The van der Waals surface area contributed by atoms with Gasteiger partial charge in [0, 0.05) is 18.9 Å². The molecule has 0 radical (unpaired) electrons. The lowest BCUT2D eigenvalue weighted by Crippen LogP contribution is -2.24. The van der Waals surface area contributed by atoms with Crippen LogP contribution in [0.4, 0.5) is 13.2 Å². The maximum absolute atomic E-state index is 13.1. The van der Waals surface area contributed by atoms with Crippen LogP contribution in [0.3, 0.4) is 0 Å². The van der Waals surface area contributed by atoms with Crippen LogP contribution in [-0.4, -0.2) is 25.7 Å². The van der Waals surface area contributed by atoms with E-state index in [1.54, 1.807) is 24.4 Å². The van der Waals surface area contributed by atoms with Crippen LogP contribution >= 0.6 is 0 Å². The molecule has 2 aromatic heterocycles. The molecule has 0 fully saturated rings. The van der Waals surface area contributed by atoms with Crippen molar-refractivity contribution in [2.75, 3.05) is 0 Å². The van der Waals surface area contributed by atoms with E-state index in [0.29, 0.717) is 34.9 Å². The third kappa shape index (κ3) is 4.24. The molecular formula is C25H19F3N4O2. The highest BCUT2D eigenvalue weighted by molar-refractivity contribution is 5.86. The van der Waals surface area contributed by atoms with Gasteiger partial charge in [0.1, 0.15) is 11.6 Å². The van der Waals surface area contributed by atoms with Crippen LogP contribution in [0, 0.1) is 0 Å². The van der Waals surface area contributed by atoms with E-state index >= 15 is 0 Å². The summed E-state index contributed by atoms with van der Waals surface area (Å²) in [4.78, 5) is 17.8. The molecule has 5 rings (SSSR count). The fourth-order valence-corrected chi connectivity index (χ4v) is 3.99. The molecule has 5 aromatic rings. The van der Waals surface area contributed by atoms with Crippen LogP contribution in [0.2, 0.25) is 0 Å². The van der Waals surface area contributed by atoms with E-state index in [-0.39, 0.29) is 11.3 Å². The van der Waals surface area contributed by atoms with Gasteiger partial charge in [-0.2, -0.15) is 5.10 Å². The molecule has 6 nitrogen and oxygen atoms in total. The highest BCUT2D eigenvalue weighted by atomic mass is 19.4. The van der Waals surface area contributed by atoms with Crippen molar-refractivity contribution in [3.05, 3.63) is 89.1 Å². The Labute approximate surface area is 191 Å². The molecule has 9 heteroatoms. The van der Waals surface area contributed by atoms with E-state index in [0.717, 1.165) is 16.9 Å². The number of para-hydroxylation sites is 2. The van der Waals surface area contributed by atoms with Gasteiger partial charge in [-0.05, 0) is 41.5 Å². The summed E-state index contributed by atoms with van der Waals surface area (Å²) in [5, 5.41) is 5.46. The average molecular weight is 464 g/mol. The molecule has 0 aliphatic carbocycles. The molecule has 0 aliphatic rings. The number of alkyl halides is 3. The molecule has 0 amide bonds. The zero-order chi connectivity index (χ0) is 23.9. The van der Waals surface area contributed by atoms with Crippen molar-refractivity contribution in [2.24, 2.45) is 7.05 Å². The van der Waals surface area contributed by atoms with Crippen molar-refractivity contribution in [1.29, 1.82) is 0 Å². The minimum atomic E-state index is -4.75. The summed E-state index contributed by atoms with van der Waals surface area (Å²) in [5.74, 6) is 0.551. The molecule has 3 aromatic carbocycles. The predicted octanol–water partition coefficient (Wildman–Crippen LogP) is 5.09. The largest absolute Gasteiger partial charge is 0.573 e. The summed E-state index contributed by atoms with van der Waals surface area (Å²) in [6.07, 6.45) is -2.58. The van der Waals surface area contributed by atoms with Gasteiger partial charge < -0.3 is 9.30 Å². The number of fused-ring (bicyclic) bond motifs is 2. The van der Waals surface area contributed by atoms with E-state index < -0.39 is 6.36 Å². The first-order valence-corrected chi connectivity index (χ1v) is 10.5. The quantitative estimate of drug-likeness (QED) is 0.364. The molecule has 0 unspecified atom stereocenters. The molecule has 0 bridgehead atoms. The van der Waals surface area contributed by atoms with E-state index in [1.807, 2.05) is 35.9 Å². The van der Waals surface area contributed by atoms with E-state index in [9.17, 15) is 18.0 Å². The lowest BCUT2D eigenvalue weighted by atomic mass is 10.0. The number of aromatic nitrogens is 4. The Morgan fingerprint density at radius 1 is 0.971 bits per heavy atom. The standard InChI is InChI=1S/C25H19F3N4O2/c1-31-22-5-3-2-4-21(22)30-23(31)12-13-32-24(33)20-14-17(6-7-18(20)15-29-32)16-8-10-19(11-9-16)34-25(26,27)28/h2-11,14-15H,12-13H2,1H3. The van der Waals surface area contributed by atoms with Crippen molar-refractivity contribution < 1.29 is 17.9 Å². The van der Waals surface area contributed by atoms with Crippen molar-refractivity contribution in [2.45, 2.75) is 19.3 Å². The second kappa shape index (κ2) is 8.33. The summed E-state index contributed by atoms with van der Waals surface area (Å²) in [6, 6.07) is 18.7. The SMILES string of the molecule is Cn1c(CCn2ncc3ccc(-c4ccc(OC(F)(F)F)cc4)cc3c2=O)nc2ccccc21. The Morgan fingerprint density at radius 2 is 1.71 bits per heavy atom. The minimum Gasteiger partial charge on any atom is -0.406 e. The summed E-state index contributed by atoms with van der Waals surface area (Å²) in [6.45, 7) is 0.361. The second-order valence-electron chi connectivity index (χ2n) is 7.87. The number of rotatable bonds is 5. The molecule has 0 spiro atoms. The maximum Gasteiger partial charge on any atom is 0.573 e. The van der Waals surface area contributed by atoms with Crippen LogP contribution in [0.25, 0.3) is 32.9 Å². The first kappa shape index (κ1) is 21.7. The Kier molecular flexibility index (Phi) is 5.31. The molecule has 0 atom stereocenters. The van der Waals surface area contributed by atoms with Crippen molar-refractivity contribution >= 4 is 21.8 Å². The molecular weight excluding hydrogens is 445 g/mol. The third-order valence-corrected chi connectivity index (χ3v) is 5.70. The molecule has 0 aliphatic heterocycles. The van der Waals surface area contributed by atoms with Gasteiger partial charge in [-0.15, -0.1) is 13.2 Å². The summed E-state index contributed by atoms with van der Waals surface area (Å²) < 4.78 is 44.5. The van der Waals surface area contributed by atoms with Gasteiger partial charge in [0.25, 0.3) is 5.56 Å². The second-order valence-corrected chi connectivity index (χ2v) is 7.87. The predicted molar refractivity (Wildman–Crippen MR) is 123 cm³/mol. The number of halogens is 3. The molecule has 172 valence electrons. The number of nitrogens with zero attached hydrogens (tertiary/aromatic N) is 4. The number of hydrogen-bond acceptors (Lipinski definition) is 4.